The van der Waals surface area contributed by atoms with Gasteiger partial charge in [-0.2, -0.15) is 0 Å². The third-order valence-corrected chi connectivity index (χ3v) is 2.63. The predicted molar refractivity (Wildman–Crippen MR) is 68.4 cm³/mol. The van der Waals surface area contributed by atoms with Crippen molar-refractivity contribution in [2.24, 2.45) is 5.73 Å². The number of benzene rings is 1. The van der Waals surface area contributed by atoms with Crippen molar-refractivity contribution in [3.05, 3.63) is 52.7 Å². The lowest BCUT2D eigenvalue weighted by atomic mass is 10.2. The molecule has 1 aromatic heterocycles. The summed E-state index contributed by atoms with van der Waals surface area (Å²) in [4.78, 5) is 4.17. The molecule has 2 rings (SSSR count). The number of ether oxygens (including phenoxy) is 1. The van der Waals surface area contributed by atoms with Gasteiger partial charge in [0.2, 0.25) is 5.88 Å². The van der Waals surface area contributed by atoms with Gasteiger partial charge in [0, 0.05) is 23.8 Å². The molecule has 0 bridgehead atoms. The summed E-state index contributed by atoms with van der Waals surface area (Å²) in [6.45, 7) is 2.43. The van der Waals surface area contributed by atoms with Gasteiger partial charge < -0.3 is 10.5 Å². The predicted octanol–water partition coefficient (Wildman–Crippen LogP) is 3.29. The average molecular weight is 249 g/mol. The Morgan fingerprint density at radius 1 is 1.29 bits per heavy atom. The first-order chi connectivity index (χ1) is 8.19. The van der Waals surface area contributed by atoms with E-state index in [0.29, 0.717) is 23.2 Å². The summed E-state index contributed by atoms with van der Waals surface area (Å²) in [6, 6.07) is 9.20. The van der Waals surface area contributed by atoms with Gasteiger partial charge in [-0.3, -0.25) is 0 Å². The van der Waals surface area contributed by atoms with Crippen molar-refractivity contribution in [2.45, 2.75) is 13.5 Å². The molecule has 0 aliphatic rings. The fourth-order valence-corrected chi connectivity index (χ4v) is 1.55. The van der Waals surface area contributed by atoms with Crippen LogP contribution >= 0.6 is 11.6 Å². The zero-order chi connectivity index (χ0) is 12.3. The van der Waals surface area contributed by atoms with E-state index in [1.165, 1.54) is 0 Å². The number of hydrogen-bond acceptors (Lipinski definition) is 3. The Hall–Kier alpha value is -1.58. The van der Waals surface area contributed by atoms with E-state index in [9.17, 15) is 0 Å². The molecule has 0 fully saturated rings. The zero-order valence-corrected chi connectivity index (χ0v) is 10.2. The van der Waals surface area contributed by atoms with Gasteiger partial charge in [-0.25, -0.2) is 4.98 Å². The fourth-order valence-electron chi connectivity index (χ4n) is 1.39. The number of hydrogen-bond donors (Lipinski definition) is 1. The molecule has 0 aliphatic heterocycles. The third kappa shape index (κ3) is 2.96. The Labute approximate surface area is 105 Å². The molecule has 4 heteroatoms. The minimum absolute atomic E-state index is 0.476. The van der Waals surface area contributed by atoms with Crippen LogP contribution in [0.2, 0.25) is 5.02 Å². The van der Waals surface area contributed by atoms with Gasteiger partial charge in [-0.05, 0) is 30.2 Å². The second kappa shape index (κ2) is 5.17. The molecular formula is C13H13ClN2O. The van der Waals surface area contributed by atoms with Gasteiger partial charge in [0.05, 0.1) is 0 Å². The molecule has 2 aromatic rings. The van der Waals surface area contributed by atoms with Crippen LogP contribution < -0.4 is 10.5 Å². The van der Waals surface area contributed by atoms with Crippen LogP contribution in [0.15, 0.2) is 36.5 Å². The number of aromatic nitrogens is 1. The van der Waals surface area contributed by atoms with Crippen molar-refractivity contribution in [3.63, 3.8) is 0 Å². The van der Waals surface area contributed by atoms with E-state index >= 15 is 0 Å². The Balaban J connectivity index is 2.22. The molecule has 0 saturated carbocycles. The highest BCUT2D eigenvalue weighted by Crippen LogP contribution is 2.26. The minimum Gasteiger partial charge on any atom is -0.439 e. The molecule has 88 valence electrons. The van der Waals surface area contributed by atoms with Crippen LogP contribution in [-0.2, 0) is 6.54 Å². The van der Waals surface area contributed by atoms with E-state index in [1.807, 2.05) is 25.1 Å². The fraction of sp³-hybridized carbons (Fsp3) is 0.154. The van der Waals surface area contributed by atoms with E-state index in [2.05, 4.69) is 4.98 Å². The lowest BCUT2D eigenvalue weighted by molar-refractivity contribution is 0.459. The first kappa shape index (κ1) is 11.9. The quantitative estimate of drug-likeness (QED) is 0.907. The van der Waals surface area contributed by atoms with Crippen LogP contribution in [-0.4, -0.2) is 4.98 Å². The number of aryl methyl sites for hydroxylation is 1. The van der Waals surface area contributed by atoms with Crippen LogP contribution in [0.5, 0.6) is 11.6 Å². The van der Waals surface area contributed by atoms with Crippen molar-refractivity contribution in [1.29, 1.82) is 0 Å². The molecule has 1 heterocycles. The van der Waals surface area contributed by atoms with Crippen LogP contribution in [0.1, 0.15) is 11.1 Å². The van der Waals surface area contributed by atoms with Gasteiger partial charge in [0.25, 0.3) is 0 Å². The number of pyridine rings is 1. The van der Waals surface area contributed by atoms with Gasteiger partial charge in [0.1, 0.15) is 5.75 Å². The van der Waals surface area contributed by atoms with Crippen molar-refractivity contribution < 1.29 is 4.74 Å². The number of halogens is 1. The highest BCUT2D eigenvalue weighted by atomic mass is 35.5. The third-order valence-electron chi connectivity index (χ3n) is 2.40. The monoisotopic (exact) mass is 248 g/mol. The molecule has 2 N–H and O–H groups in total. The topological polar surface area (TPSA) is 48.1 Å². The highest BCUT2D eigenvalue weighted by Gasteiger charge is 2.03. The van der Waals surface area contributed by atoms with Crippen molar-refractivity contribution in [2.75, 3.05) is 0 Å². The first-order valence-electron chi connectivity index (χ1n) is 5.28. The second-order valence-electron chi connectivity index (χ2n) is 3.72. The maximum absolute atomic E-state index is 5.91. The molecule has 0 saturated heterocycles. The molecule has 1 aromatic carbocycles. The highest BCUT2D eigenvalue weighted by molar-refractivity contribution is 6.30. The summed E-state index contributed by atoms with van der Waals surface area (Å²) >= 11 is 5.91. The molecule has 3 nitrogen and oxygen atoms in total. The summed E-state index contributed by atoms with van der Waals surface area (Å²) in [5.74, 6) is 1.25. The van der Waals surface area contributed by atoms with Crippen LogP contribution in [0.3, 0.4) is 0 Å². The Kier molecular flexibility index (Phi) is 3.61. The van der Waals surface area contributed by atoms with Crippen LogP contribution in [0.4, 0.5) is 0 Å². The number of nitrogens with two attached hydrogens (primary N) is 1. The van der Waals surface area contributed by atoms with Crippen molar-refractivity contribution in [3.8, 4) is 11.6 Å². The van der Waals surface area contributed by atoms with E-state index in [1.54, 1.807) is 18.3 Å². The zero-order valence-electron chi connectivity index (χ0n) is 9.48. The normalized spacial score (nSPS) is 10.3. The lowest BCUT2D eigenvalue weighted by Gasteiger charge is -2.08. The first-order valence-corrected chi connectivity index (χ1v) is 5.66. The van der Waals surface area contributed by atoms with Crippen molar-refractivity contribution in [1.82, 2.24) is 4.98 Å². The molecule has 0 spiro atoms. The van der Waals surface area contributed by atoms with Gasteiger partial charge in [-0.15, -0.1) is 0 Å². The van der Waals surface area contributed by atoms with Crippen LogP contribution in [0.25, 0.3) is 0 Å². The maximum atomic E-state index is 5.91. The molecule has 0 unspecified atom stereocenters. The second-order valence-corrected chi connectivity index (χ2v) is 4.16. The molecule has 0 atom stereocenters. The molecular weight excluding hydrogens is 236 g/mol. The van der Waals surface area contributed by atoms with Gasteiger partial charge >= 0.3 is 0 Å². The van der Waals surface area contributed by atoms with E-state index in [-0.39, 0.29) is 0 Å². The summed E-state index contributed by atoms with van der Waals surface area (Å²) in [5, 5.41) is 0.643. The SMILES string of the molecule is Cc1ccc(Cl)cc1Oc1ccc(CN)cn1. The molecule has 0 amide bonds. The Morgan fingerprint density at radius 3 is 2.76 bits per heavy atom. The summed E-state index contributed by atoms with van der Waals surface area (Å²) < 4.78 is 5.65. The maximum Gasteiger partial charge on any atom is 0.219 e. The van der Waals surface area contributed by atoms with E-state index in [4.69, 9.17) is 22.1 Å². The average Bonchev–Trinajstić information content (AvgIpc) is 2.35. The number of nitrogens with zero attached hydrogens (tertiary/aromatic N) is 1. The molecule has 0 radical (unpaired) electrons. The lowest BCUT2D eigenvalue weighted by Crippen LogP contribution is -1.97. The molecule has 17 heavy (non-hydrogen) atoms. The Bertz CT molecular complexity index is 511. The summed E-state index contributed by atoms with van der Waals surface area (Å²) in [7, 11) is 0. The molecule has 0 aliphatic carbocycles. The van der Waals surface area contributed by atoms with Crippen molar-refractivity contribution >= 4 is 11.6 Å². The van der Waals surface area contributed by atoms with Gasteiger partial charge in [0.15, 0.2) is 0 Å². The van der Waals surface area contributed by atoms with Gasteiger partial charge in [-0.1, -0.05) is 23.7 Å². The van der Waals surface area contributed by atoms with Crippen LogP contribution in [0, 0.1) is 6.92 Å². The number of rotatable bonds is 3. The minimum atomic E-state index is 0.476. The summed E-state index contributed by atoms with van der Waals surface area (Å²) in [5.41, 5.74) is 7.48. The Morgan fingerprint density at radius 2 is 2.12 bits per heavy atom. The van der Waals surface area contributed by atoms with E-state index in [0.717, 1.165) is 11.1 Å². The standard InChI is InChI=1S/C13H13ClN2O/c1-9-2-4-11(14)6-12(9)17-13-5-3-10(7-15)8-16-13/h2-6,8H,7,15H2,1H3. The van der Waals surface area contributed by atoms with E-state index < -0.39 is 0 Å². The summed E-state index contributed by atoms with van der Waals surface area (Å²) in [6.07, 6.45) is 1.70. The smallest absolute Gasteiger partial charge is 0.219 e. The largest absolute Gasteiger partial charge is 0.439 e.